The molecule has 2 aromatic carbocycles. The number of carbonyl (C=O) groups is 1. The minimum atomic E-state index is 0.212. The van der Waals surface area contributed by atoms with Crippen LogP contribution in [0.2, 0.25) is 0 Å². The Labute approximate surface area is 162 Å². The Morgan fingerprint density at radius 1 is 1.07 bits per heavy atom. The molecule has 0 saturated heterocycles. The Morgan fingerprint density at radius 3 is 2.74 bits per heavy atom. The molecule has 0 unspecified atom stereocenters. The van der Waals surface area contributed by atoms with Crippen molar-refractivity contribution in [3.8, 4) is 5.75 Å². The highest BCUT2D eigenvalue weighted by molar-refractivity contribution is 5.94. The normalized spacial score (nSPS) is 14.6. The topological polar surface area (TPSA) is 32.8 Å². The van der Waals surface area contributed by atoms with Gasteiger partial charge in [0.25, 0.3) is 0 Å². The molecule has 3 rings (SSSR count). The van der Waals surface area contributed by atoms with E-state index < -0.39 is 0 Å². The molecular weight excluding hydrogens is 336 g/mol. The van der Waals surface area contributed by atoms with Gasteiger partial charge in [0.1, 0.15) is 5.75 Å². The number of aryl methyl sites for hydroxylation is 2. The third-order valence-electron chi connectivity index (χ3n) is 5.12. The number of likely N-dealkylation sites (N-methyl/N-ethyl adjacent to an activating group) is 1. The van der Waals surface area contributed by atoms with Crippen LogP contribution in [0.15, 0.2) is 42.5 Å². The van der Waals surface area contributed by atoms with Gasteiger partial charge in [0, 0.05) is 31.7 Å². The van der Waals surface area contributed by atoms with Crippen molar-refractivity contribution in [1.82, 2.24) is 4.90 Å². The van der Waals surface area contributed by atoms with E-state index in [1.807, 2.05) is 17.0 Å². The highest BCUT2D eigenvalue weighted by Gasteiger charge is 2.22. The fraction of sp³-hybridized carbons (Fsp3) is 0.435. The van der Waals surface area contributed by atoms with Gasteiger partial charge >= 0.3 is 0 Å². The number of ether oxygens (including phenoxy) is 1. The smallest absolute Gasteiger partial charge is 0.227 e. The van der Waals surface area contributed by atoms with Gasteiger partial charge in [0.15, 0.2) is 0 Å². The number of para-hydroxylation sites is 1. The first-order valence-corrected chi connectivity index (χ1v) is 9.81. The largest absolute Gasteiger partial charge is 0.493 e. The highest BCUT2D eigenvalue weighted by atomic mass is 16.5. The lowest BCUT2D eigenvalue weighted by Gasteiger charge is -2.22. The number of rotatable bonds is 6. The number of hydrogen-bond donors (Lipinski definition) is 0. The molecule has 0 aliphatic carbocycles. The van der Waals surface area contributed by atoms with Gasteiger partial charge in [-0.25, -0.2) is 0 Å². The Hall–Kier alpha value is -2.33. The molecule has 1 amide bonds. The first kappa shape index (κ1) is 19.4. The molecule has 1 heterocycles. The molecule has 2 aromatic rings. The van der Waals surface area contributed by atoms with Crippen LogP contribution < -0.4 is 9.64 Å². The first-order chi connectivity index (χ1) is 13.0. The van der Waals surface area contributed by atoms with Crippen LogP contribution in [0.1, 0.15) is 36.0 Å². The van der Waals surface area contributed by atoms with Crippen molar-refractivity contribution >= 4 is 11.6 Å². The van der Waals surface area contributed by atoms with Crippen LogP contribution in [0.25, 0.3) is 0 Å². The lowest BCUT2D eigenvalue weighted by Crippen LogP contribution is -2.35. The van der Waals surface area contributed by atoms with Gasteiger partial charge in [0.2, 0.25) is 5.91 Å². The number of unbranched alkanes of at least 4 members (excludes halogenated alkanes) is 1. The third-order valence-corrected chi connectivity index (χ3v) is 5.12. The lowest BCUT2D eigenvalue weighted by molar-refractivity contribution is -0.118. The van der Waals surface area contributed by atoms with Gasteiger partial charge in [-0.15, -0.1) is 0 Å². The molecule has 144 valence electrons. The number of benzene rings is 2. The maximum atomic E-state index is 12.8. The van der Waals surface area contributed by atoms with Gasteiger partial charge in [-0.05, 0) is 62.6 Å². The zero-order valence-corrected chi connectivity index (χ0v) is 16.7. The highest BCUT2D eigenvalue weighted by Crippen LogP contribution is 2.25. The first-order valence-electron chi connectivity index (χ1n) is 9.81. The van der Waals surface area contributed by atoms with Crippen LogP contribution in [0, 0.1) is 13.8 Å². The lowest BCUT2D eigenvalue weighted by atomic mass is 10.1. The zero-order valence-electron chi connectivity index (χ0n) is 16.7. The molecule has 0 fully saturated rings. The molecular formula is C23H30N2O2. The number of amides is 1. The molecule has 4 heteroatoms. The molecule has 4 nitrogen and oxygen atoms in total. The summed E-state index contributed by atoms with van der Waals surface area (Å²) in [5.41, 5.74) is 4.65. The Balaban J connectivity index is 1.50. The average molecular weight is 367 g/mol. The molecule has 0 bridgehead atoms. The molecule has 0 N–H and O–H groups in total. The predicted molar refractivity (Wildman–Crippen MR) is 110 cm³/mol. The number of carbonyl (C=O) groups excluding carboxylic acids is 1. The Morgan fingerprint density at radius 2 is 1.89 bits per heavy atom. The monoisotopic (exact) mass is 366 g/mol. The standard InChI is InChI=1S/C23H30N2O2/c1-18-11-12-19(2)22(16-18)27-15-7-6-10-23(26)25-14-13-24(3)17-20-8-4-5-9-21(20)25/h4-5,8-9,11-12,16H,6-7,10,13-15,17H2,1-3H3. The van der Waals surface area contributed by atoms with E-state index >= 15 is 0 Å². The second kappa shape index (κ2) is 9.05. The molecule has 0 radical (unpaired) electrons. The van der Waals surface area contributed by atoms with Crippen molar-refractivity contribution in [2.75, 3.05) is 31.6 Å². The summed E-state index contributed by atoms with van der Waals surface area (Å²) in [4.78, 5) is 17.0. The summed E-state index contributed by atoms with van der Waals surface area (Å²) in [5, 5.41) is 0. The van der Waals surface area contributed by atoms with Gasteiger partial charge in [-0.2, -0.15) is 0 Å². The van der Waals surface area contributed by atoms with E-state index in [-0.39, 0.29) is 5.91 Å². The van der Waals surface area contributed by atoms with Crippen molar-refractivity contribution in [1.29, 1.82) is 0 Å². The Bertz CT molecular complexity index is 788. The quantitative estimate of drug-likeness (QED) is 0.713. The molecule has 0 atom stereocenters. The number of nitrogens with zero attached hydrogens (tertiary/aromatic N) is 2. The predicted octanol–water partition coefficient (Wildman–Crippen LogP) is 4.33. The van der Waals surface area contributed by atoms with E-state index in [0.717, 1.165) is 49.5 Å². The van der Waals surface area contributed by atoms with Crippen molar-refractivity contribution < 1.29 is 9.53 Å². The van der Waals surface area contributed by atoms with Crippen LogP contribution in [0.5, 0.6) is 5.75 Å². The van der Waals surface area contributed by atoms with Crippen molar-refractivity contribution in [3.63, 3.8) is 0 Å². The average Bonchev–Trinajstić information content (AvgIpc) is 2.82. The van der Waals surface area contributed by atoms with E-state index in [0.29, 0.717) is 13.0 Å². The van der Waals surface area contributed by atoms with Crippen molar-refractivity contribution in [3.05, 3.63) is 59.2 Å². The zero-order chi connectivity index (χ0) is 19.2. The van der Waals surface area contributed by atoms with E-state index in [1.165, 1.54) is 11.1 Å². The fourth-order valence-electron chi connectivity index (χ4n) is 3.49. The maximum absolute atomic E-state index is 12.8. The van der Waals surface area contributed by atoms with E-state index in [2.05, 4.69) is 56.1 Å². The maximum Gasteiger partial charge on any atom is 0.227 e. The molecule has 0 saturated carbocycles. The number of hydrogen-bond acceptors (Lipinski definition) is 3. The summed E-state index contributed by atoms with van der Waals surface area (Å²) >= 11 is 0. The molecule has 0 spiro atoms. The number of fused-ring (bicyclic) bond motifs is 1. The van der Waals surface area contributed by atoms with Crippen LogP contribution in [-0.2, 0) is 11.3 Å². The van der Waals surface area contributed by atoms with Crippen LogP contribution in [-0.4, -0.2) is 37.6 Å². The van der Waals surface area contributed by atoms with Crippen LogP contribution in [0.3, 0.4) is 0 Å². The third kappa shape index (κ3) is 5.10. The second-order valence-corrected chi connectivity index (χ2v) is 7.49. The van der Waals surface area contributed by atoms with Gasteiger partial charge in [-0.3, -0.25) is 4.79 Å². The van der Waals surface area contributed by atoms with E-state index in [4.69, 9.17) is 4.74 Å². The summed E-state index contributed by atoms with van der Waals surface area (Å²) < 4.78 is 5.90. The SMILES string of the molecule is Cc1ccc(C)c(OCCCCC(=O)N2CCN(C)Cc3ccccc32)c1. The van der Waals surface area contributed by atoms with E-state index in [1.54, 1.807) is 0 Å². The molecule has 27 heavy (non-hydrogen) atoms. The minimum Gasteiger partial charge on any atom is -0.493 e. The van der Waals surface area contributed by atoms with Crippen LogP contribution >= 0.6 is 0 Å². The second-order valence-electron chi connectivity index (χ2n) is 7.49. The van der Waals surface area contributed by atoms with Crippen LogP contribution in [0.4, 0.5) is 5.69 Å². The van der Waals surface area contributed by atoms with Gasteiger partial charge in [-0.1, -0.05) is 30.3 Å². The summed E-state index contributed by atoms with van der Waals surface area (Å²) in [6.07, 6.45) is 2.29. The Kier molecular flexibility index (Phi) is 6.51. The van der Waals surface area contributed by atoms with Gasteiger partial charge < -0.3 is 14.5 Å². The fourth-order valence-corrected chi connectivity index (χ4v) is 3.49. The molecule has 1 aliphatic rings. The summed E-state index contributed by atoms with van der Waals surface area (Å²) in [6, 6.07) is 14.5. The summed E-state index contributed by atoms with van der Waals surface area (Å²) in [6.45, 7) is 7.33. The molecule has 1 aliphatic heterocycles. The van der Waals surface area contributed by atoms with E-state index in [9.17, 15) is 4.79 Å². The van der Waals surface area contributed by atoms with Crippen molar-refractivity contribution in [2.45, 2.75) is 39.7 Å². The minimum absolute atomic E-state index is 0.212. The van der Waals surface area contributed by atoms with Crippen molar-refractivity contribution in [2.24, 2.45) is 0 Å². The summed E-state index contributed by atoms with van der Waals surface area (Å²) in [7, 11) is 2.11. The van der Waals surface area contributed by atoms with Gasteiger partial charge in [0.05, 0.1) is 6.61 Å². The molecule has 0 aromatic heterocycles. The number of anilines is 1. The summed E-state index contributed by atoms with van der Waals surface area (Å²) in [5.74, 6) is 1.16.